The highest BCUT2D eigenvalue weighted by Gasteiger charge is 2.33. The maximum absolute atomic E-state index is 9.80. The second kappa shape index (κ2) is 6.67. The van der Waals surface area contributed by atoms with Gasteiger partial charge in [-0.05, 0) is 30.9 Å². The summed E-state index contributed by atoms with van der Waals surface area (Å²) >= 11 is 0. The van der Waals surface area contributed by atoms with Crippen molar-refractivity contribution in [2.24, 2.45) is 10.4 Å². The SMILES string of the molecule is CN=C(NCC1(CO)CCOCC1)N1CCc2ccccc21. The zero-order chi connectivity index (χ0) is 15.4. The second-order valence-electron chi connectivity index (χ2n) is 6.20. The molecule has 2 heterocycles. The number of guanidine groups is 1. The second-order valence-corrected chi connectivity index (χ2v) is 6.20. The van der Waals surface area contributed by atoms with Crippen LogP contribution in [-0.2, 0) is 11.2 Å². The van der Waals surface area contributed by atoms with E-state index in [0.717, 1.165) is 51.5 Å². The third kappa shape index (κ3) is 2.96. The summed E-state index contributed by atoms with van der Waals surface area (Å²) in [5, 5.41) is 13.3. The Labute approximate surface area is 132 Å². The highest BCUT2D eigenvalue weighted by molar-refractivity contribution is 5.97. The van der Waals surface area contributed by atoms with E-state index in [0.29, 0.717) is 0 Å². The number of aliphatic imine (C=N–C) groups is 1. The average Bonchev–Trinajstić information content (AvgIpc) is 3.01. The molecule has 0 spiro atoms. The predicted molar refractivity (Wildman–Crippen MR) is 88.4 cm³/mol. The lowest BCUT2D eigenvalue weighted by Gasteiger charge is -2.36. The number of aliphatic hydroxyl groups is 1. The van der Waals surface area contributed by atoms with Gasteiger partial charge in [0.1, 0.15) is 0 Å². The molecule has 5 heteroatoms. The molecule has 5 nitrogen and oxygen atoms in total. The van der Waals surface area contributed by atoms with Crippen molar-refractivity contribution >= 4 is 11.6 Å². The number of ether oxygens (including phenoxy) is 1. The van der Waals surface area contributed by atoms with Gasteiger partial charge >= 0.3 is 0 Å². The van der Waals surface area contributed by atoms with Crippen LogP contribution < -0.4 is 10.2 Å². The Kier molecular flexibility index (Phi) is 4.64. The molecule has 0 unspecified atom stereocenters. The van der Waals surface area contributed by atoms with Crippen molar-refractivity contribution in [3.8, 4) is 0 Å². The van der Waals surface area contributed by atoms with Crippen LogP contribution in [0.1, 0.15) is 18.4 Å². The number of fused-ring (bicyclic) bond motifs is 1. The molecule has 1 aromatic rings. The van der Waals surface area contributed by atoms with Gasteiger partial charge in [0.25, 0.3) is 0 Å². The summed E-state index contributed by atoms with van der Waals surface area (Å²) in [6.45, 7) is 3.34. The number of hydrogen-bond donors (Lipinski definition) is 2. The molecule has 1 fully saturated rings. The van der Waals surface area contributed by atoms with Crippen molar-refractivity contribution < 1.29 is 9.84 Å². The van der Waals surface area contributed by atoms with Crippen molar-refractivity contribution in [3.05, 3.63) is 29.8 Å². The van der Waals surface area contributed by atoms with Crippen molar-refractivity contribution in [2.45, 2.75) is 19.3 Å². The number of hydrogen-bond acceptors (Lipinski definition) is 3. The van der Waals surface area contributed by atoms with E-state index < -0.39 is 0 Å². The average molecular weight is 303 g/mol. The number of anilines is 1. The van der Waals surface area contributed by atoms with E-state index in [4.69, 9.17) is 4.74 Å². The maximum Gasteiger partial charge on any atom is 0.198 e. The van der Waals surface area contributed by atoms with Crippen LogP contribution in [0.4, 0.5) is 5.69 Å². The number of nitrogens with zero attached hydrogens (tertiary/aromatic N) is 2. The molecular weight excluding hydrogens is 278 g/mol. The Hall–Kier alpha value is -1.59. The largest absolute Gasteiger partial charge is 0.396 e. The molecule has 0 aromatic heterocycles. The molecule has 2 aliphatic heterocycles. The molecule has 2 aliphatic rings. The highest BCUT2D eigenvalue weighted by Crippen LogP contribution is 2.30. The van der Waals surface area contributed by atoms with Crippen LogP contribution in [0.5, 0.6) is 0 Å². The van der Waals surface area contributed by atoms with E-state index in [9.17, 15) is 5.11 Å². The van der Waals surface area contributed by atoms with E-state index in [1.54, 1.807) is 0 Å². The molecule has 1 aromatic carbocycles. The third-order valence-corrected chi connectivity index (χ3v) is 4.87. The molecule has 0 saturated carbocycles. The smallest absolute Gasteiger partial charge is 0.198 e. The summed E-state index contributed by atoms with van der Waals surface area (Å²) in [6.07, 6.45) is 2.84. The molecule has 0 amide bonds. The molecule has 0 atom stereocenters. The van der Waals surface area contributed by atoms with Crippen LogP contribution >= 0.6 is 0 Å². The summed E-state index contributed by atoms with van der Waals surface area (Å²) in [4.78, 5) is 6.67. The summed E-state index contributed by atoms with van der Waals surface area (Å²) in [5.41, 5.74) is 2.52. The summed E-state index contributed by atoms with van der Waals surface area (Å²) in [7, 11) is 1.82. The number of rotatable bonds is 3. The van der Waals surface area contributed by atoms with Crippen molar-refractivity contribution in [2.75, 3.05) is 44.9 Å². The number of benzene rings is 1. The Bertz CT molecular complexity index is 538. The fourth-order valence-electron chi connectivity index (χ4n) is 3.32. The normalized spacial score (nSPS) is 20.8. The minimum Gasteiger partial charge on any atom is -0.396 e. The van der Waals surface area contributed by atoms with Gasteiger partial charge in [0, 0.05) is 44.5 Å². The maximum atomic E-state index is 9.80. The predicted octanol–water partition coefficient (Wildman–Crippen LogP) is 1.41. The third-order valence-electron chi connectivity index (χ3n) is 4.87. The highest BCUT2D eigenvalue weighted by atomic mass is 16.5. The van der Waals surface area contributed by atoms with Crippen LogP contribution in [0, 0.1) is 5.41 Å². The first-order valence-electron chi connectivity index (χ1n) is 8.03. The van der Waals surface area contributed by atoms with Gasteiger partial charge in [0.05, 0.1) is 6.61 Å². The Morgan fingerprint density at radius 1 is 1.36 bits per heavy atom. The van der Waals surface area contributed by atoms with Gasteiger partial charge in [-0.2, -0.15) is 0 Å². The fourth-order valence-corrected chi connectivity index (χ4v) is 3.32. The van der Waals surface area contributed by atoms with E-state index in [1.165, 1.54) is 11.3 Å². The van der Waals surface area contributed by atoms with Gasteiger partial charge < -0.3 is 20.1 Å². The zero-order valence-electron chi connectivity index (χ0n) is 13.2. The number of aliphatic hydroxyl groups excluding tert-OH is 1. The standard InChI is InChI=1S/C17H25N3O2/c1-18-16(19-12-17(13-21)7-10-22-11-8-17)20-9-6-14-4-2-3-5-15(14)20/h2-5,21H,6-13H2,1H3,(H,18,19). The monoisotopic (exact) mass is 303 g/mol. The molecule has 0 aliphatic carbocycles. The van der Waals surface area contributed by atoms with Gasteiger partial charge in [-0.15, -0.1) is 0 Å². The van der Waals surface area contributed by atoms with Gasteiger partial charge in [-0.1, -0.05) is 18.2 Å². The van der Waals surface area contributed by atoms with Crippen LogP contribution in [0.2, 0.25) is 0 Å². The molecule has 1 saturated heterocycles. The minimum absolute atomic E-state index is 0.0898. The molecule has 120 valence electrons. The van der Waals surface area contributed by atoms with E-state index in [-0.39, 0.29) is 12.0 Å². The van der Waals surface area contributed by atoms with Gasteiger partial charge in [-0.3, -0.25) is 4.99 Å². The van der Waals surface area contributed by atoms with Crippen LogP contribution in [0.3, 0.4) is 0 Å². The molecular formula is C17H25N3O2. The van der Waals surface area contributed by atoms with Crippen molar-refractivity contribution in [1.29, 1.82) is 0 Å². The minimum atomic E-state index is -0.0898. The number of para-hydroxylation sites is 1. The van der Waals surface area contributed by atoms with Crippen molar-refractivity contribution in [3.63, 3.8) is 0 Å². The Morgan fingerprint density at radius 2 is 2.14 bits per heavy atom. The van der Waals surface area contributed by atoms with Gasteiger partial charge in [0.2, 0.25) is 0 Å². The first-order chi connectivity index (χ1) is 10.8. The molecule has 3 rings (SSSR count). The lowest BCUT2D eigenvalue weighted by molar-refractivity contribution is -0.0131. The van der Waals surface area contributed by atoms with Crippen molar-refractivity contribution in [1.82, 2.24) is 5.32 Å². The van der Waals surface area contributed by atoms with Crippen LogP contribution in [0.25, 0.3) is 0 Å². The summed E-state index contributed by atoms with van der Waals surface area (Å²) in [5.74, 6) is 0.893. The van der Waals surface area contributed by atoms with Crippen LogP contribution in [-0.4, -0.2) is 51.0 Å². The van der Waals surface area contributed by atoms with Crippen LogP contribution in [0.15, 0.2) is 29.3 Å². The van der Waals surface area contributed by atoms with E-state index >= 15 is 0 Å². The molecule has 0 radical (unpaired) electrons. The lowest BCUT2D eigenvalue weighted by atomic mass is 9.81. The molecule has 2 N–H and O–H groups in total. The molecule has 0 bridgehead atoms. The van der Waals surface area contributed by atoms with Gasteiger partial charge in [0.15, 0.2) is 5.96 Å². The van der Waals surface area contributed by atoms with E-state index in [1.807, 2.05) is 7.05 Å². The lowest BCUT2D eigenvalue weighted by Crippen LogP contribution is -2.48. The Morgan fingerprint density at radius 3 is 2.86 bits per heavy atom. The molecule has 22 heavy (non-hydrogen) atoms. The summed E-state index contributed by atoms with van der Waals surface area (Å²) < 4.78 is 5.43. The Balaban J connectivity index is 1.68. The first-order valence-corrected chi connectivity index (χ1v) is 8.03. The first kappa shape index (κ1) is 15.3. The van der Waals surface area contributed by atoms with E-state index in [2.05, 4.69) is 39.5 Å². The number of nitrogens with one attached hydrogen (secondary N) is 1. The quantitative estimate of drug-likeness (QED) is 0.655. The zero-order valence-corrected chi connectivity index (χ0v) is 13.2. The fraction of sp³-hybridized carbons (Fsp3) is 0.588. The summed E-state index contributed by atoms with van der Waals surface area (Å²) in [6, 6.07) is 8.47. The topological polar surface area (TPSA) is 57.1 Å². The van der Waals surface area contributed by atoms with Gasteiger partial charge in [-0.25, -0.2) is 0 Å².